The minimum atomic E-state index is -0.0638. The van der Waals surface area contributed by atoms with Crippen molar-refractivity contribution in [3.05, 3.63) is 0 Å². The summed E-state index contributed by atoms with van der Waals surface area (Å²) in [7, 11) is 0. The summed E-state index contributed by atoms with van der Waals surface area (Å²) in [5.74, 6) is 0. The van der Waals surface area contributed by atoms with E-state index in [1.807, 2.05) is 0 Å². The Bertz CT molecular complexity index is 556. The summed E-state index contributed by atoms with van der Waals surface area (Å²) in [6.45, 7) is 15.7. The standard InChI is InChI=1S/C33H66O13/c1-2-3-4-6-9-34-11-12-35-13-14-36-15-16-37-17-18-38-19-20-39-21-22-40-23-24-41-25-26-42-27-28-43-29-30-44-31-32-46-33-8-5-7-10-45-33/h33H,2-32H2,1H3. The molecule has 0 aromatic rings. The van der Waals surface area contributed by atoms with Crippen molar-refractivity contribution in [3.8, 4) is 0 Å². The third kappa shape index (κ3) is 34.8. The highest BCUT2D eigenvalue weighted by atomic mass is 16.7. The quantitative estimate of drug-likeness (QED) is 0.0891. The van der Waals surface area contributed by atoms with Gasteiger partial charge in [-0.1, -0.05) is 26.2 Å². The smallest absolute Gasteiger partial charge is 0.157 e. The molecule has 0 aromatic heterocycles. The van der Waals surface area contributed by atoms with E-state index in [1.165, 1.54) is 25.7 Å². The fourth-order valence-electron chi connectivity index (χ4n) is 4.01. The Morgan fingerprint density at radius 3 is 1.00 bits per heavy atom. The Morgan fingerprint density at radius 1 is 0.370 bits per heavy atom. The van der Waals surface area contributed by atoms with E-state index in [1.54, 1.807) is 0 Å². The van der Waals surface area contributed by atoms with Gasteiger partial charge in [-0.3, -0.25) is 0 Å². The second-order valence-electron chi connectivity index (χ2n) is 10.5. The lowest BCUT2D eigenvalue weighted by Gasteiger charge is -2.22. The first-order valence-electron chi connectivity index (χ1n) is 17.5. The van der Waals surface area contributed by atoms with E-state index in [4.69, 9.17) is 61.6 Å². The van der Waals surface area contributed by atoms with Gasteiger partial charge in [-0.05, 0) is 25.7 Å². The lowest BCUT2D eigenvalue weighted by molar-refractivity contribution is -0.169. The van der Waals surface area contributed by atoms with E-state index in [0.717, 1.165) is 32.5 Å². The van der Waals surface area contributed by atoms with Gasteiger partial charge in [0.25, 0.3) is 0 Å². The summed E-state index contributed by atoms with van der Waals surface area (Å²) in [5, 5.41) is 0. The fraction of sp³-hybridized carbons (Fsp3) is 1.00. The van der Waals surface area contributed by atoms with Gasteiger partial charge in [-0.2, -0.15) is 0 Å². The van der Waals surface area contributed by atoms with Crippen LogP contribution >= 0.6 is 0 Å². The molecule has 0 radical (unpaired) electrons. The molecular weight excluding hydrogens is 604 g/mol. The third-order valence-corrected chi connectivity index (χ3v) is 6.53. The molecule has 1 atom stereocenters. The predicted octanol–water partition coefficient (Wildman–Crippen LogP) is 3.29. The van der Waals surface area contributed by atoms with Crippen LogP contribution in [0.3, 0.4) is 0 Å². The van der Waals surface area contributed by atoms with Crippen molar-refractivity contribution in [3.63, 3.8) is 0 Å². The summed E-state index contributed by atoms with van der Waals surface area (Å²) < 4.78 is 71.5. The summed E-state index contributed by atoms with van der Waals surface area (Å²) in [6, 6.07) is 0. The van der Waals surface area contributed by atoms with Crippen molar-refractivity contribution in [2.75, 3.05) is 159 Å². The van der Waals surface area contributed by atoms with Gasteiger partial charge in [0.1, 0.15) is 0 Å². The number of hydrogen-bond acceptors (Lipinski definition) is 13. The molecule has 0 bridgehead atoms. The first-order chi connectivity index (χ1) is 22.9. The molecule has 1 heterocycles. The van der Waals surface area contributed by atoms with Crippen molar-refractivity contribution in [2.24, 2.45) is 0 Å². The highest BCUT2D eigenvalue weighted by molar-refractivity contribution is 4.53. The van der Waals surface area contributed by atoms with Gasteiger partial charge in [-0.15, -0.1) is 0 Å². The lowest BCUT2D eigenvalue weighted by atomic mass is 10.2. The van der Waals surface area contributed by atoms with Crippen molar-refractivity contribution in [1.82, 2.24) is 0 Å². The first kappa shape index (κ1) is 43.5. The zero-order chi connectivity index (χ0) is 32.7. The maximum atomic E-state index is 5.61. The molecule has 1 rings (SSSR count). The Balaban J connectivity index is 1.59. The first-order valence-corrected chi connectivity index (χ1v) is 17.5. The van der Waals surface area contributed by atoms with E-state index < -0.39 is 0 Å². The van der Waals surface area contributed by atoms with Gasteiger partial charge >= 0.3 is 0 Å². The van der Waals surface area contributed by atoms with Crippen molar-refractivity contribution in [1.29, 1.82) is 0 Å². The van der Waals surface area contributed by atoms with Gasteiger partial charge in [0, 0.05) is 13.2 Å². The molecule has 0 amide bonds. The van der Waals surface area contributed by atoms with Crippen molar-refractivity contribution < 1.29 is 61.6 Å². The summed E-state index contributed by atoms with van der Waals surface area (Å²) in [4.78, 5) is 0. The summed E-state index contributed by atoms with van der Waals surface area (Å²) in [5.41, 5.74) is 0. The second-order valence-corrected chi connectivity index (χ2v) is 10.5. The van der Waals surface area contributed by atoms with Crippen LogP contribution in [0.15, 0.2) is 0 Å². The monoisotopic (exact) mass is 670 g/mol. The molecule has 1 aliphatic heterocycles. The highest BCUT2D eigenvalue weighted by Crippen LogP contribution is 2.13. The number of ether oxygens (including phenoxy) is 13. The van der Waals surface area contributed by atoms with Crippen LogP contribution in [0.4, 0.5) is 0 Å². The van der Waals surface area contributed by atoms with Crippen LogP contribution < -0.4 is 0 Å². The van der Waals surface area contributed by atoms with E-state index in [-0.39, 0.29) is 6.29 Å². The van der Waals surface area contributed by atoms with E-state index >= 15 is 0 Å². The molecule has 13 nitrogen and oxygen atoms in total. The molecule has 46 heavy (non-hydrogen) atoms. The van der Waals surface area contributed by atoms with Gasteiger partial charge in [0.15, 0.2) is 6.29 Å². The molecule has 1 saturated heterocycles. The van der Waals surface area contributed by atoms with E-state index in [0.29, 0.717) is 145 Å². The van der Waals surface area contributed by atoms with Gasteiger partial charge in [0.05, 0.1) is 145 Å². The van der Waals surface area contributed by atoms with Crippen LogP contribution in [-0.4, -0.2) is 165 Å². The zero-order valence-electron chi connectivity index (χ0n) is 28.8. The second kappa shape index (κ2) is 38.9. The molecular formula is C33H66O13. The van der Waals surface area contributed by atoms with Gasteiger partial charge in [0.2, 0.25) is 0 Å². The van der Waals surface area contributed by atoms with Crippen LogP contribution in [0.2, 0.25) is 0 Å². The van der Waals surface area contributed by atoms with Crippen LogP contribution in [0.5, 0.6) is 0 Å². The van der Waals surface area contributed by atoms with Crippen LogP contribution in [0, 0.1) is 0 Å². The Hall–Kier alpha value is -0.520. The predicted molar refractivity (Wildman–Crippen MR) is 173 cm³/mol. The van der Waals surface area contributed by atoms with Crippen molar-refractivity contribution in [2.45, 2.75) is 58.2 Å². The Labute approximate surface area is 278 Å². The highest BCUT2D eigenvalue weighted by Gasteiger charge is 2.13. The summed E-state index contributed by atoms with van der Waals surface area (Å²) >= 11 is 0. The van der Waals surface area contributed by atoms with E-state index in [2.05, 4.69) is 6.92 Å². The molecule has 0 N–H and O–H groups in total. The largest absolute Gasteiger partial charge is 0.379 e. The zero-order valence-corrected chi connectivity index (χ0v) is 28.8. The maximum absolute atomic E-state index is 5.61. The average molecular weight is 671 g/mol. The topological polar surface area (TPSA) is 120 Å². The molecule has 1 unspecified atom stereocenters. The van der Waals surface area contributed by atoms with Crippen LogP contribution in [0.25, 0.3) is 0 Å². The molecule has 0 aliphatic carbocycles. The summed E-state index contributed by atoms with van der Waals surface area (Å²) in [6.07, 6.45) is 8.10. The molecule has 276 valence electrons. The normalized spacial score (nSPS) is 15.2. The maximum Gasteiger partial charge on any atom is 0.157 e. The fourth-order valence-corrected chi connectivity index (χ4v) is 4.01. The molecule has 1 aliphatic rings. The molecule has 1 fully saturated rings. The Morgan fingerprint density at radius 2 is 0.696 bits per heavy atom. The molecule has 0 aromatic carbocycles. The van der Waals surface area contributed by atoms with Gasteiger partial charge in [-0.25, -0.2) is 0 Å². The Kier molecular flexibility index (Phi) is 36.8. The molecule has 0 saturated carbocycles. The SMILES string of the molecule is CCCCCCOCCOCCOCCOCCOCCOCCOCCOCCOCCOCCOCCOC1CCCCO1. The van der Waals surface area contributed by atoms with Crippen molar-refractivity contribution >= 4 is 0 Å². The third-order valence-electron chi connectivity index (χ3n) is 6.53. The molecule has 0 spiro atoms. The number of rotatable bonds is 39. The number of unbranched alkanes of at least 4 members (excludes halogenated alkanes) is 3. The van der Waals surface area contributed by atoms with E-state index in [9.17, 15) is 0 Å². The van der Waals surface area contributed by atoms with Crippen LogP contribution in [0.1, 0.15) is 51.9 Å². The minimum Gasteiger partial charge on any atom is -0.379 e. The van der Waals surface area contributed by atoms with Gasteiger partial charge < -0.3 is 61.6 Å². The molecule has 13 heteroatoms. The average Bonchev–Trinajstić information content (AvgIpc) is 3.08. The van der Waals surface area contributed by atoms with Crippen LogP contribution in [-0.2, 0) is 61.6 Å². The lowest BCUT2D eigenvalue weighted by Crippen LogP contribution is -2.24. The minimum absolute atomic E-state index is 0.0638. The number of hydrogen-bond donors (Lipinski definition) is 0.